The zero-order chi connectivity index (χ0) is 13.8. The first kappa shape index (κ1) is 14.4. The molecular formula is C16H15BrOS. The summed E-state index contributed by atoms with van der Waals surface area (Å²) in [5.74, 6) is 0.165. The molecule has 0 fully saturated rings. The van der Waals surface area contributed by atoms with Gasteiger partial charge in [0.15, 0.2) is 5.78 Å². The third-order valence-corrected chi connectivity index (χ3v) is 4.47. The molecule has 0 bridgehead atoms. The van der Waals surface area contributed by atoms with Crippen LogP contribution in [-0.2, 0) is 0 Å². The number of hydrogen-bond acceptors (Lipinski definition) is 2. The summed E-state index contributed by atoms with van der Waals surface area (Å²) >= 11 is 4.97. The number of benzene rings is 2. The summed E-state index contributed by atoms with van der Waals surface area (Å²) in [5, 5.41) is -0.0797. The molecule has 0 amide bonds. The van der Waals surface area contributed by atoms with Gasteiger partial charge in [-0.1, -0.05) is 45.8 Å². The smallest absolute Gasteiger partial charge is 0.175 e. The molecule has 0 N–H and O–H groups in total. The van der Waals surface area contributed by atoms with Crippen LogP contribution in [0.2, 0.25) is 0 Å². The molecule has 1 unspecified atom stereocenters. The molecule has 1 atom stereocenters. The maximum Gasteiger partial charge on any atom is 0.175 e. The lowest BCUT2D eigenvalue weighted by Crippen LogP contribution is -2.13. The molecular weight excluding hydrogens is 320 g/mol. The third-order valence-electron chi connectivity index (χ3n) is 2.83. The molecule has 0 radical (unpaired) electrons. The van der Waals surface area contributed by atoms with Crippen LogP contribution < -0.4 is 0 Å². The lowest BCUT2D eigenvalue weighted by atomic mass is 10.1. The normalized spacial score (nSPS) is 12.2. The van der Waals surface area contributed by atoms with Gasteiger partial charge in [-0.15, -0.1) is 11.8 Å². The predicted molar refractivity (Wildman–Crippen MR) is 85.0 cm³/mol. The number of aryl methyl sites for hydroxylation is 1. The first-order valence-electron chi connectivity index (χ1n) is 6.09. The van der Waals surface area contributed by atoms with Crippen molar-refractivity contribution in [3.63, 3.8) is 0 Å². The van der Waals surface area contributed by atoms with Crippen molar-refractivity contribution in [1.29, 1.82) is 0 Å². The third kappa shape index (κ3) is 3.95. The van der Waals surface area contributed by atoms with Crippen molar-refractivity contribution < 1.29 is 4.79 Å². The number of halogens is 1. The van der Waals surface area contributed by atoms with Gasteiger partial charge in [0.25, 0.3) is 0 Å². The lowest BCUT2D eigenvalue weighted by molar-refractivity contribution is 0.0994. The molecule has 0 aliphatic carbocycles. The Morgan fingerprint density at radius 1 is 1.05 bits per heavy atom. The Bertz CT molecular complexity index is 560. The minimum absolute atomic E-state index is 0.0797. The van der Waals surface area contributed by atoms with Gasteiger partial charge in [-0.2, -0.15) is 0 Å². The molecule has 2 aromatic rings. The summed E-state index contributed by atoms with van der Waals surface area (Å²) in [7, 11) is 0. The van der Waals surface area contributed by atoms with E-state index >= 15 is 0 Å². The van der Waals surface area contributed by atoms with E-state index in [4.69, 9.17) is 0 Å². The number of hydrogen-bond donors (Lipinski definition) is 0. The number of carbonyl (C=O) groups is 1. The summed E-state index contributed by atoms with van der Waals surface area (Å²) in [6, 6.07) is 15.8. The van der Waals surface area contributed by atoms with Crippen LogP contribution >= 0.6 is 27.7 Å². The molecule has 0 saturated carbocycles. The van der Waals surface area contributed by atoms with Gasteiger partial charge in [0.05, 0.1) is 5.25 Å². The fraction of sp³-hybridized carbons (Fsp3) is 0.188. The van der Waals surface area contributed by atoms with Crippen molar-refractivity contribution in [3.8, 4) is 0 Å². The van der Waals surface area contributed by atoms with Gasteiger partial charge in [0.1, 0.15) is 0 Å². The Balaban J connectivity index is 2.07. The van der Waals surface area contributed by atoms with Gasteiger partial charge in [-0.25, -0.2) is 0 Å². The Morgan fingerprint density at radius 3 is 2.21 bits per heavy atom. The monoisotopic (exact) mass is 334 g/mol. The average Bonchev–Trinajstić information content (AvgIpc) is 2.41. The summed E-state index contributed by atoms with van der Waals surface area (Å²) in [5.41, 5.74) is 1.99. The van der Waals surface area contributed by atoms with E-state index in [0.717, 1.165) is 14.9 Å². The molecule has 0 aliphatic rings. The molecule has 3 heteroatoms. The Kier molecular flexibility index (Phi) is 4.83. The first-order chi connectivity index (χ1) is 9.06. The standard InChI is InChI=1S/C16H15BrOS/c1-11-3-9-15(10-4-11)19-12(2)16(18)13-5-7-14(17)8-6-13/h3-10,12H,1-2H3. The van der Waals surface area contributed by atoms with E-state index in [1.807, 2.05) is 31.2 Å². The van der Waals surface area contributed by atoms with E-state index in [1.165, 1.54) is 5.56 Å². The largest absolute Gasteiger partial charge is 0.293 e. The van der Waals surface area contributed by atoms with Crippen LogP contribution in [0.5, 0.6) is 0 Å². The average molecular weight is 335 g/mol. The molecule has 0 heterocycles. The molecule has 0 saturated heterocycles. The number of rotatable bonds is 4. The fourth-order valence-corrected chi connectivity index (χ4v) is 2.93. The maximum absolute atomic E-state index is 12.3. The van der Waals surface area contributed by atoms with Gasteiger partial charge in [-0.3, -0.25) is 4.79 Å². The van der Waals surface area contributed by atoms with Crippen molar-refractivity contribution >= 4 is 33.5 Å². The van der Waals surface area contributed by atoms with Gasteiger partial charge in [0, 0.05) is 14.9 Å². The lowest BCUT2D eigenvalue weighted by Gasteiger charge is -2.10. The highest BCUT2D eigenvalue weighted by Crippen LogP contribution is 2.26. The highest BCUT2D eigenvalue weighted by Gasteiger charge is 2.16. The van der Waals surface area contributed by atoms with Gasteiger partial charge >= 0.3 is 0 Å². The zero-order valence-corrected chi connectivity index (χ0v) is 13.3. The van der Waals surface area contributed by atoms with E-state index in [0.29, 0.717) is 0 Å². The summed E-state index contributed by atoms with van der Waals surface area (Å²) in [6.07, 6.45) is 0. The second kappa shape index (κ2) is 6.40. The van der Waals surface area contributed by atoms with E-state index in [2.05, 4.69) is 47.1 Å². The van der Waals surface area contributed by atoms with Crippen molar-refractivity contribution in [1.82, 2.24) is 0 Å². The topological polar surface area (TPSA) is 17.1 Å². The van der Waals surface area contributed by atoms with Crippen LogP contribution in [0.4, 0.5) is 0 Å². The second-order valence-electron chi connectivity index (χ2n) is 4.44. The van der Waals surface area contributed by atoms with E-state index in [1.54, 1.807) is 11.8 Å². The molecule has 98 valence electrons. The minimum atomic E-state index is -0.0797. The SMILES string of the molecule is Cc1ccc(SC(C)C(=O)c2ccc(Br)cc2)cc1. The predicted octanol–water partition coefficient (Wildman–Crippen LogP) is 5.12. The quantitative estimate of drug-likeness (QED) is 0.570. The molecule has 2 aromatic carbocycles. The Hall–Kier alpha value is -1.06. The van der Waals surface area contributed by atoms with E-state index in [9.17, 15) is 4.79 Å². The van der Waals surface area contributed by atoms with E-state index in [-0.39, 0.29) is 11.0 Å². The van der Waals surface area contributed by atoms with Crippen molar-refractivity contribution in [2.45, 2.75) is 24.0 Å². The van der Waals surface area contributed by atoms with E-state index < -0.39 is 0 Å². The van der Waals surface area contributed by atoms with Crippen LogP contribution in [0.3, 0.4) is 0 Å². The van der Waals surface area contributed by atoms with Crippen molar-refractivity contribution in [2.75, 3.05) is 0 Å². The second-order valence-corrected chi connectivity index (χ2v) is 6.77. The van der Waals surface area contributed by atoms with Gasteiger partial charge < -0.3 is 0 Å². The Morgan fingerprint density at radius 2 is 1.63 bits per heavy atom. The van der Waals surface area contributed by atoms with Gasteiger partial charge in [0.2, 0.25) is 0 Å². The number of ketones is 1. The highest BCUT2D eigenvalue weighted by molar-refractivity contribution is 9.10. The van der Waals surface area contributed by atoms with Crippen LogP contribution in [0.1, 0.15) is 22.8 Å². The fourth-order valence-electron chi connectivity index (χ4n) is 1.72. The van der Waals surface area contributed by atoms with Crippen LogP contribution in [-0.4, -0.2) is 11.0 Å². The van der Waals surface area contributed by atoms with Crippen molar-refractivity contribution in [3.05, 3.63) is 64.1 Å². The molecule has 2 rings (SSSR count). The van der Waals surface area contributed by atoms with Crippen LogP contribution in [0.15, 0.2) is 57.9 Å². The number of Topliss-reactive ketones (excluding diaryl/α,β-unsaturated/α-hetero) is 1. The minimum Gasteiger partial charge on any atom is -0.293 e. The summed E-state index contributed by atoms with van der Waals surface area (Å²) < 4.78 is 0.989. The van der Waals surface area contributed by atoms with Crippen LogP contribution in [0.25, 0.3) is 0 Å². The van der Waals surface area contributed by atoms with Gasteiger partial charge in [-0.05, 0) is 38.1 Å². The first-order valence-corrected chi connectivity index (χ1v) is 7.76. The zero-order valence-electron chi connectivity index (χ0n) is 10.9. The molecule has 0 aromatic heterocycles. The molecule has 1 nitrogen and oxygen atoms in total. The molecule has 0 aliphatic heterocycles. The highest BCUT2D eigenvalue weighted by atomic mass is 79.9. The summed E-state index contributed by atoms with van der Waals surface area (Å²) in [6.45, 7) is 4.01. The van der Waals surface area contributed by atoms with Crippen molar-refractivity contribution in [2.24, 2.45) is 0 Å². The molecule has 0 spiro atoms. The Labute approximate surface area is 126 Å². The number of thioether (sulfide) groups is 1. The maximum atomic E-state index is 12.3. The van der Waals surface area contributed by atoms with Crippen LogP contribution in [0, 0.1) is 6.92 Å². The summed E-state index contributed by atoms with van der Waals surface area (Å²) in [4.78, 5) is 13.4. The molecule has 19 heavy (non-hydrogen) atoms. The number of carbonyl (C=O) groups excluding carboxylic acids is 1.